The maximum absolute atomic E-state index is 12.0. The van der Waals surface area contributed by atoms with Crippen LogP contribution in [0, 0.1) is 10.1 Å². The van der Waals surface area contributed by atoms with Crippen molar-refractivity contribution in [3.8, 4) is 5.75 Å². The molecular weight excluding hydrogens is 262 g/mol. The van der Waals surface area contributed by atoms with Gasteiger partial charge < -0.3 is 15.0 Å². The van der Waals surface area contributed by atoms with Crippen LogP contribution in [0.4, 0.5) is 5.69 Å². The van der Waals surface area contributed by atoms with Gasteiger partial charge in [0.2, 0.25) is 0 Å². The van der Waals surface area contributed by atoms with Crippen molar-refractivity contribution in [1.82, 2.24) is 10.2 Å². The van der Waals surface area contributed by atoms with Crippen LogP contribution in [0.5, 0.6) is 5.75 Å². The summed E-state index contributed by atoms with van der Waals surface area (Å²) in [6.45, 7) is 4.17. The average Bonchev–Trinajstić information content (AvgIpc) is 2.45. The number of nitro benzene ring substituents is 1. The van der Waals surface area contributed by atoms with Gasteiger partial charge in [-0.2, -0.15) is 0 Å². The van der Waals surface area contributed by atoms with E-state index in [4.69, 9.17) is 4.74 Å². The number of carbonyl (C=O) groups is 1. The van der Waals surface area contributed by atoms with Crippen LogP contribution in [0.15, 0.2) is 24.3 Å². The summed E-state index contributed by atoms with van der Waals surface area (Å²) < 4.78 is 5.37. The minimum atomic E-state index is -0.475. The Labute approximate surface area is 116 Å². The second-order valence-corrected chi connectivity index (χ2v) is 4.68. The first-order chi connectivity index (χ1) is 9.58. The molecule has 1 fully saturated rings. The van der Waals surface area contributed by atoms with Gasteiger partial charge in [0, 0.05) is 37.8 Å². The van der Waals surface area contributed by atoms with Crippen LogP contribution in [-0.4, -0.2) is 48.0 Å². The van der Waals surface area contributed by atoms with Crippen LogP contribution in [0.3, 0.4) is 0 Å². The largest absolute Gasteiger partial charge is 0.484 e. The van der Waals surface area contributed by atoms with E-state index in [1.165, 1.54) is 24.3 Å². The second kappa shape index (κ2) is 6.33. The van der Waals surface area contributed by atoms with Crippen LogP contribution in [-0.2, 0) is 4.79 Å². The molecule has 2 rings (SSSR count). The number of nitrogens with zero attached hydrogens (tertiary/aromatic N) is 2. The quantitative estimate of drug-likeness (QED) is 0.650. The predicted octanol–water partition coefficient (Wildman–Crippen LogP) is 0.794. The molecule has 1 amide bonds. The number of nitro groups is 1. The van der Waals surface area contributed by atoms with E-state index in [0.717, 1.165) is 13.1 Å². The molecule has 1 aromatic rings. The van der Waals surface area contributed by atoms with Crippen molar-refractivity contribution in [2.24, 2.45) is 0 Å². The number of nitrogens with one attached hydrogen (secondary N) is 1. The molecule has 0 saturated carbocycles. The smallest absolute Gasteiger partial charge is 0.269 e. The Kier molecular flexibility index (Phi) is 4.52. The lowest BCUT2D eigenvalue weighted by molar-refractivity contribution is -0.384. The summed E-state index contributed by atoms with van der Waals surface area (Å²) in [6, 6.07) is 5.84. The lowest BCUT2D eigenvalue weighted by Gasteiger charge is -2.33. The highest BCUT2D eigenvalue weighted by atomic mass is 16.6. The number of rotatable bonds is 4. The fourth-order valence-electron chi connectivity index (χ4n) is 2.10. The first-order valence-corrected chi connectivity index (χ1v) is 6.45. The van der Waals surface area contributed by atoms with E-state index < -0.39 is 4.92 Å². The summed E-state index contributed by atoms with van der Waals surface area (Å²) in [4.78, 5) is 23.8. The van der Waals surface area contributed by atoms with Gasteiger partial charge in [0.25, 0.3) is 11.6 Å². The molecule has 0 aromatic heterocycles. The highest BCUT2D eigenvalue weighted by Crippen LogP contribution is 2.17. The lowest BCUT2D eigenvalue weighted by atomic mass is 10.2. The van der Waals surface area contributed by atoms with Gasteiger partial charge >= 0.3 is 0 Å². The van der Waals surface area contributed by atoms with Crippen molar-refractivity contribution in [1.29, 1.82) is 0 Å². The zero-order valence-corrected chi connectivity index (χ0v) is 11.2. The Morgan fingerprint density at radius 3 is 2.80 bits per heavy atom. The molecule has 0 bridgehead atoms. The second-order valence-electron chi connectivity index (χ2n) is 4.68. The van der Waals surface area contributed by atoms with Gasteiger partial charge in [0.05, 0.1) is 4.92 Å². The number of non-ortho nitro benzene ring substituents is 1. The lowest BCUT2D eigenvalue weighted by Crippen LogP contribution is -2.53. The molecule has 108 valence electrons. The van der Waals surface area contributed by atoms with Crippen LogP contribution < -0.4 is 10.1 Å². The van der Waals surface area contributed by atoms with Crippen molar-refractivity contribution >= 4 is 11.6 Å². The average molecular weight is 279 g/mol. The van der Waals surface area contributed by atoms with Gasteiger partial charge in [-0.25, -0.2) is 0 Å². The SMILES string of the molecule is C[C@@H]1CNCCN1C(=O)COc1ccc([N+](=O)[O-])cc1. The van der Waals surface area contributed by atoms with Crippen molar-refractivity contribution in [3.05, 3.63) is 34.4 Å². The normalized spacial score (nSPS) is 18.6. The monoisotopic (exact) mass is 279 g/mol. The van der Waals surface area contributed by atoms with Crippen molar-refractivity contribution in [2.45, 2.75) is 13.0 Å². The maximum atomic E-state index is 12.0. The topological polar surface area (TPSA) is 84.7 Å². The third-order valence-corrected chi connectivity index (χ3v) is 3.23. The number of benzene rings is 1. The zero-order valence-electron chi connectivity index (χ0n) is 11.2. The molecule has 1 aromatic carbocycles. The van der Waals surface area contributed by atoms with Crippen molar-refractivity contribution < 1.29 is 14.5 Å². The molecule has 20 heavy (non-hydrogen) atoms. The van der Waals surface area contributed by atoms with E-state index in [9.17, 15) is 14.9 Å². The van der Waals surface area contributed by atoms with Gasteiger partial charge in [-0.1, -0.05) is 0 Å². The first kappa shape index (κ1) is 14.3. The van der Waals surface area contributed by atoms with Crippen molar-refractivity contribution in [2.75, 3.05) is 26.2 Å². The Balaban J connectivity index is 1.88. The van der Waals surface area contributed by atoms with Crippen LogP contribution in [0.2, 0.25) is 0 Å². The molecule has 1 atom stereocenters. The summed E-state index contributed by atoms with van der Waals surface area (Å²) >= 11 is 0. The fourth-order valence-corrected chi connectivity index (χ4v) is 2.10. The van der Waals surface area contributed by atoms with E-state index in [1.807, 2.05) is 6.92 Å². The summed E-state index contributed by atoms with van der Waals surface area (Å²) in [7, 11) is 0. The van der Waals surface area contributed by atoms with Gasteiger partial charge in [0.15, 0.2) is 6.61 Å². The standard InChI is InChI=1S/C13H17N3O4/c1-10-8-14-6-7-15(10)13(17)9-20-12-4-2-11(3-5-12)16(18)19/h2-5,10,14H,6-9H2,1H3/t10-/m1/s1. The Morgan fingerprint density at radius 1 is 1.50 bits per heavy atom. The van der Waals surface area contributed by atoms with Crippen LogP contribution >= 0.6 is 0 Å². The molecule has 0 spiro atoms. The third kappa shape index (κ3) is 3.45. The summed E-state index contributed by atoms with van der Waals surface area (Å²) in [6.07, 6.45) is 0. The van der Waals surface area contributed by atoms with Gasteiger partial charge in [-0.05, 0) is 19.1 Å². The van der Waals surface area contributed by atoms with E-state index in [-0.39, 0.29) is 24.2 Å². The Hall–Kier alpha value is -2.15. The molecule has 1 saturated heterocycles. The summed E-state index contributed by atoms with van der Waals surface area (Å²) in [5, 5.41) is 13.7. The highest BCUT2D eigenvalue weighted by Gasteiger charge is 2.23. The number of carbonyl (C=O) groups excluding carboxylic acids is 1. The first-order valence-electron chi connectivity index (χ1n) is 6.45. The number of piperazine rings is 1. The minimum absolute atomic E-state index is 0.000552. The van der Waals surface area contributed by atoms with Crippen molar-refractivity contribution in [3.63, 3.8) is 0 Å². The minimum Gasteiger partial charge on any atom is -0.484 e. The molecule has 7 nitrogen and oxygen atoms in total. The Bertz CT molecular complexity index is 489. The number of ether oxygens (including phenoxy) is 1. The molecule has 7 heteroatoms. The number of hydrogen-bond acceptors (Lipinski definition) is 5. The molecular formula is C13H17N3O4. The van der Waals surface area contributed by atoms with Gasteiger partial charge in [-0.3, -0.25) is 14.9 Å². The van der Waals surface area contributed by atoms with Gasteiger partial charge in [0.1, 0.15) is 5.75 Å². The maximum Gasteiger partial charge on any atom is 0.269 e. The molecule has 1 heterocycles. The zero-order chi connectivity index (χ0) is 14.5. The molecule has 0 unspecified atom stereocenters. The molecule has 1 aliphatic rings. The molecule has 0 aliphatic carbocycles. The van der Waals surface area contributed by atoms with Gasteiger partial charge in [-0.15, -0.1) is 0 Å². The van der Waals surface area contributed by atoms with E-state index in [1.54, 1.807) is 4.90 Å². The molecule has 0 radical (unpaired) electrons. The van der Waals surface area contributed by atoms with E-state index in [2.05, 4.69) is 5.32 Å². The van der Waals surface area contributed by atoms with E-state index in [0.29, 0.717) is 12.3 Å². The summed E-state index contributed by atoms with van der Waals surface area (Å²) in [5.74, 6) is 0.379. The highest BCUT2D eigenvalue weighted by molar-refractivity contribution is 5.78. The molecule has 1 aliphatic heterocycles. The fraction of sp³-hybridized carbons (Fsp3) is 0.462. The van der Waals surface area contributed by atoms with E-state index >= 15 is 0 Å². The Morgan fingerprint density at radius 2 is 2.20 bits per heavy atom. The summed E-state index contributed by atoms with van der Waals surface area (Å²) in [5.41, 5.74) is -0.000552. The van der Waals surface area contributed by atoms with Crippen LogP contribution in [0.25, 0.3) is 0 Å². The number of hydrogen-bond donors (Lipinski definition) is 1. The predicted molar refractivity (Wildman–Crippen MR) is 72.6 cm³/mol. The van der Waals surface area contributed by atoms with Crippen LogP contribution in [0.1, 0.15) is 6.92 Å². The molecule has 1 N–H and O–H groups in total. The third-order valence-electron chi connectivity index (χ3n) is 3.23. The number of amides is 1.